The summed E-state index contributed by atoms with van der Waals surface area (Å²) in [6.07, 6.45) is 1.08. The van der Waals surface area contributed by atoms with Gasteiger partial charge in [-0.2, -0.15) is 0 Å². The van der Waals surface area contributed by atoms with Crippen molar-refractivity contribution in [1.82, 2.24) is 15.1 Å². The molecular formula is C16H13Cl2N3O4. The zero-order chi connectivity index (χ0) is 18.0. The molecule has 2 heterocycles. The van der Waals surface area contributed by atoms with Crippen LogP contribution in [0.2, 0.25) is 10.0 Å². The fourth-order valence-electron chi connectivity index (χ4n) is 2.58. The first-order chi connectivity index (χ1) is 12.0. The van der Waals surface area contributed by atoms with Gasteiger partial charge in [0.2, 0.25) is 5.88 Å². The van der Waals surface area contributed by atoms with Crippen molar-refractivity contribution in [2.24, 2.45) is 0 Å². The summed E-state index contributed by atoms with van der Waals surface area (Å²) in [7, 11) is 0. The number of nitrogens with zero attached hydrogens (tertiary/aromatic N) is 3. The second-order valence-corrected chi connectivity index (χ2v) is 6.19. The van der Waals surface area contributed by atoms with Crippen molar-refractivity contribution in [3.63, 3.8) is 0 Å². The van der Waals surface area contributed by atoms with Gasteiger partial charge in [0.15, 0.2) is 5.69 Å². The zero-order valence-corrected chi connectivity index (χ0v) is 14.4. The van der Waals surface area contributed by atoms with E-state index in [1.807, 2.05) is 0 Å². The molecule has 0 spiro atoms. The third-order valence-corrected chi connectivity index (χ3v) is 4.59. The minimum absolute atomic E-state index is 0.0534. The molecule has 1 atom stereocenters. The Balaban J connectivity index is 1.75. The number of aromatic nitrogens is 2. The van der Waals surface area contributed by atoms with Crippen LogP contribution in [0, 0.1) is 0 Å². The molecule has 9 heteroatoms. The van der Waals surface area contributed by atoms with Crippen LogP contribution in [0.5, 0.6) is 11.6 Å². The lowest BCUT2D eigenvalue weighted by molar-refractivity contribution is -0.141. The van der Waals surface area contributed by atoms with Gasteiger partial charge in [-0.25, -0.2) is 4.79 Å². The second-order valence-electron chi connectivity index (χ2n) is 5.41. The summed E-state index contributed by atoms with van der Waals surface area (Å²) in [5, 5.41) is 17.4. The number of halogens is 2. The molecule has 0 aliphatic carbocycles. The van der Waals surface area contributed by atoms with Crippen molar-refractivity contribution in [3.05, 3.63) is 46.1 Å². The summed E-state index contributed by atoms with van der Waals surface area (Å²) in [4.78, 5) is 24.9. The lowest BCUT2D eigenvalue weighted by atomic mass is 10.2. The molecule has 2 aromatic rings. The third kappa shape index (κ3) is 3.67. The maximum absolute atomic E-state index is 12.4. The third-order valence-electron chi connectivity index (χ3n) is 3.79. The summed E-state index contributed by atoms with van der Waals surface area (Å²) >= 11 is 11.9. The van der Waals surface area contributed by atoms with Gasteiger partial charge < -0.3 is 14.7 Å². The standard InChI is InChI=1S/C16H13Cl2N3O4/c17-9-3-1-5-12(14(9)18)25-13-7-6-10(19-20-13)15(22)21-8-2-4-11(21)16(23)24/h1,3,5-7,11H,2,4,8H2,(H,23,24)/t11-/m0/s1. The van der Waals surface area contributed by atoms with Crippen LogP contribution in [0.3, 0.4) is 0 Å². The second kappa shape index (κ2) is 7.25. The maximum Gasteiger partial charge on any atom is 0.326 e. The molecule has 1 aliphatic heterocycles. The number of ether oxygens (including phenoxy) is 1. The van der Waals surface area contributed by atoms with E-state index in [4.69, 9.17) is 33.0 Å². The predicted octanol–water partition coefficient (Wildman–Crippen LogP) is 3.26. The number of carboxylic acid groups (broad SMARTS) is 1. The van der Waals surface area contributed by atoms with Crippen LogP contribution in [0.4, 0.5) is 0 Å². The van der Waals surface area contributed by atoms with Crippen molar-refractivity contribution in [2.45, 2.75) is 18.9 Å². The molecular weight excluding hydrogens is 369 g/mol. The number of aliphatic carboxylic acids is 1. The van der Waals surface area contributed by atoms with Gasteiger partial charge in [0, 0.05) is 12.6 Å². The van der Waals surface area contributed by atoms with Crippen molar-refractivity contribution in [2.75, 3.05) is 6.54 Å². The van der Waals surface area contributed by atoms with E-state index in [0.29, 0.717) is 30.2 Å². The molecule has 1 N–H and O–H groups in total. The Hall–Kier alpha value is -2.38. The minimum Gasteiger partial charge on any atom is -0.480 e. The van der Waals surface area contributed by atoms with Crippen LogP contribution in [0.25, 0.3) is 0 Å². The largest absolute Gasteiger partial charge is 0.480 e. The molecule has 1 aromatic heterocycles. The highest BCUT2D eigenvalue weighted by molar-refractivity contribution is 6.42. The molecule has 130 valence electrons. The monoisotopic (exact) mass is 381 g/mol. The van der Waals surface area contributed by atoms with Gasteiger partial charge in [-0.1, -0.05) is 29.3 Å². The Morgan fingerprint density at radius 1 is 1.20 bits per heavy atom. The summed E-state index contributed by atoms with van der Waals surface area (Å²) < 4.78 is 5.50. The minimum atomic E-state index is -1.02. The highest BCUT2D eigenvalue weighted by Gasteiger charge is 2.35. The average Bonchev–Trinajstić information content (AvgIpc) is 3.09. The number of carbonyl (C=O) groups is 2. The molecule has 1 amide bonds. The van der Waals surface area contributed by atoms with Gasteiger partial charge in [-0.05, 0) is 31.0 Å². The first-order valence-electron chi connectivity index (χ1n) is 7.46. The number of carboxylic acids is 1. The molecule has 0 radical (unpaired) electrons. The molecule has 1 fully saturated rings. The summed E-state index contributed by atoms with van der Waals surface area (Å²) in [6, 6.07) is 6.99. The molecule has 0 bridgehead atoms. The SMILES string of the molecule is O=C(O)[C@@H]1CCCN1C(=O)c1ccc(Oc2cccc(Cl)c2Cl)nn1. The van der Waals surface area contributed by atoms with E-state index in [1.54, 1.807) is 18.2 Å². The normalized spacial score (nSPS) is 16.7. The van der Waals surface area contributed by atoms with Crippen LogP contribution >= 0.6 is 23.2 Å². The molecule has 25 heavy (non-hydrogen) atoms. The van der Waals surface area contributed by atoms with Crippen molar-refractivity contribution >= 4 is 35.1 Å². The molecule has 0 unspecified atom stereocenters. The predicted molar refractivity (Wildman–Crippen MR) is 90.3 cm³/mol. The molecule has 3 rings (SSSR count). The van der Waals surface area contributed by atoms with Crippen molar-refractivity contribution in [3.8, 4) is 11.6 Å². The van der Waals surface area contributed by atoms with Crippen LogP contribution in [0.15, 0.2) is 30.3 Å². The van der Waals surface area contributed by atoms with Gasteiger partial charge in [0.1, 0.15) is 16.8 Å². The van der Waals surface area contributed by atoms with Crippen molar-refractivity contribution < 1.29 is 19.4 Å². The Kier molecular flexibility index (Phi) is 5.06. The first kappa shape index (κ1) is 17.4. The molecule has 1 aliphatic rings. The number of benzene rings is 1. The molecule has 0 saturated carbocycles. The van der Waals surface area contributed by atoms with E-state index >= 15 is 0 Å². The smallest absolute Gasteiger partial charge is 0.326 e. The Morgan fingerprint density at radius 2 is 2.00 bits per heavy atom. The number of rotatable bonds is 4. The molecule has 7 nitrogen and oxygen atoms in total. The highest BCUT2D eigenvalue weighted by atomic mass is 35.5. The van der Waals surface area contributed by atoms with E-state index in [-0.39, 0.29) is 16.6 Å². The topological polar surface area (TPSA) is 92.6 Å². The molecule has 1 saturated heterocycles. The number of carbonyl (C=O) groups excluding carboxylic acids is 1. The van der Waals surface area contributed by atoms with Gasteiger partial charge in [-0.15, -0.1) is 10.2 Å². The Labute approximate surface area is 153 Å². The summed E-state index contributed by atoms with van der Waals surface area (Å²) in [5.41, 5.74) is 0.0534. The van der Waals surface area contributed by atoms with E-state index in [9.17, 15) is 9.59 Å². The number of hydrogen-bond donors (Lipinski definition) is 1. The zero-order valence-electron chi connectivity index (χ0n) is 12.9. The van der Waals surface area contributed by atoms with E-state index in [2.05, 4.69) is 10.2 Å². The lowest BCUT2D eigenvalue weighted by Gasteiger charge is -2.20. The Bertz CT molecular complexity index is 814. The fourth-order valence-corrected chi connectivity index (χ4v) is 2.91. The van der Waals surface area contributed by atoms with E-state index in [0.717, 1.165) is 0 Å². The van der Waals surface area contributed by atoms with E-state index in [1.165, 1.54) is 17.0 Å². The van der Waals surface area contributed by atoms with Gasteiger partial charge >= 0.3 is 5.97 Å². The summed E-state index contributed by atoms with van der Waals surface area (Å²) in [5.74, 6) is -1.04. The van der Waals surface area contributed by atoms with E-state index < -0.39 is 17.9 Å². The van der Waals surface area contributed by atoms with Gasteiger partial charge in [0.25, 0.3) is 5.91 Å². The molecule has 1 aromatic carbocycles. The lowest BCUT2D eigenvalue weighted by Crippen LogP contribution is -2.40. The van der Waals surface area contributed by atoms with Crippen LogP contribution in [-0.2, 0) is 4.79 Å². The quantitative estimate of drug-likeness (QED) is 0.873. The van der Waals surface area contributed by atoms with Crippen molar-refractivity contribution in [1.29, 1.82) is 0 Å². The van der Waals surface area contributed by atoms with Gasteiger partial charge in [-0.3, -0.25) is 4.79 Å². The van der Waals surface area contributed by atoms with Crippen LogP contribution in [-0.4, -0.2) is 44.7 Å². The Morgan fingerprint density at radius 3 is 2.68 bits per heavy atom. The summed E-state index contributed by atoms with van der Waals surface area (Å²) in [6.45, 7) is 0.383. The average molecular weight is 382 g/mol. The van der Waals surface area contributed by atoms with Crippen LogP contribution in [0.1, 0.15) is 23.3 Å². The van der Waals surface area contributed by atoms with Gasteiger partial charge in [0.05, 0.1) is 5.02 Å². The highest BCUT2D eigenvalue weighted by Crippen LogP contribution is 2.33. The number of amides is 1. The number of hydrogen-bond acceptors (Lipinski definition) is 5. The fraction of sp³-hybridized carbons (Fsp3) is 0.250. The van der Waals surface area contributed by atoms with Crippen LogP contribution < -0.4 is 4.74 Å². The number of likely N-dealkylation sites (tertiary alicyclic amines) is 1. The first-order valence-corrected chi connectivity index (χ1v) is 8.22. The maximum atomic E-state index is 12.4.